The molecule has 0 amide bonds. The molecule has 3 nitrogen and oxygen atoms in total. The summed E-state index contributed by atoms with van der Waals surface area (Å²) in [6.45, 7) is 7.73. The molecule has 1 atom stereocenters. The van der Waals surface area contributed by atoms with E-state index in [4.69, 9.17) is 0 Å². The Balaban J connectivity index is 2.21. The van der Waals surface area contributed by atoms with E-state index in [0.717, 1.165) is 18.8 Å². The summed E-state index contributed by atoms with van der Waals surface area (Å²) in [5.41, 5.74) is 0. The van der Waals surface area contributed by atoms with Crippen LogP contribution in [0.2, 0.25) is 0 Å². The molecule has 0 N–H and O–H groups in total. The van der Waals surface area contributed by atoms with Gasteiger partial charge in [-0.05, 0) is 18.8 Å². The van der Waals surface area contributed by atoms with Gasteiger partial charge in [0.1, 0.15) is 5.82 Å². The van der Waals surface area contributed by atoms with Crippen LogP contribution in [0.5, 0.6) is 0 Å². The zero-order valence-electron chi connectivity index (χ0n) is 9.32. The lowest BCUT2D eigenvalue weighted by molar-refractivity contribution is 0.431. The fourth-order valence-electron chi connectivity index (χ4n) is 2.06. The first-order chi connectivity index (χ1) is 6.66. The zero-order valence-corrected chi connectivity index (χ0v) is 9.32. The molecule has 2 heterocycles. The average Bonchev–Trinajstić information content (AvgIpc) is 2.47. The molecule has 1 aromatic rings. The van der Waals surface area contributed by atoms with Gasteiger partial charge in [0.05, 0.1) is 0 Å². The first kappa shape index (κ1) is 9.69. The van der Waals surface area contributed by atoms with E-state index < -0.39 is 0 Å². The molecule has 0 saturated carbocycles. The highest BCUT2D eigenvalue weighted by molar-refractivity contribution is 5.01. The first-order valence-electron chi connectivity index (χ1n) is 5.60. The average molecular weight is 193 g/mol. The summed E-state index contributed by atoms with van der Waals surface area (Å²) >= 11 is 0. The second-order valence-electron chi connectivity index (χ2n) is 4.75. The van der Waals surface area contributed by atoms with E-state index >= 15 is 0 Å². The van der Waals surface area contributed by atoms with E-state index in [1.165, 1.54) is 18.7 Å². The molecule has 78 valence electrons. The van der Waals surface area contributed by atoms with Gasteiger partial charge in [0, 0.05) is 18.9 Å². The lowest BCUT2D eigenvalue weighted by Crippen LogP contribution is -2.14. The number of aryl methyl sites for hydroxylation is 1. The highest BCUT2D eigenvalue weighted by Gasteiger charge is 2.20. The summed E-state index contributed by atoms with van der Waals surface area (Å²) in [7, 11) is 0. The highest BCUT2D eigenvalue weighted by Crippen LogP contribution is 2.24. The minimum atomic E-state index is 0.595. The zero-order chi connectivity index (χ0) is 10.1. The fourth-order valence-corrected chi connectivity index (χ4v) is 2.06. The molecule has 0 bridgehead atoms. The maximum atomic E-state index is 4.62. The van der Waals surface area contributed by atoms with Gasteiger partial charge in [0.2, 0.25) is 0 Å². The van der Waals surface area contributed by atoms with Crippen molar-refractivity contribution >= 4 is 0 Å². The molecule has 0 radical (unpaired) electrons. The van der Waals surface area contributed by atoms with Crippen LogP contribution in [0.25, 0.3) is 0 Å². The minimum absolute atomic E-state index is 0.595. The van der Waals surface area contributed by atoms with Crippen LogP contribution in [0.15, 0.2) is 0 Å². The third-order valence-electron chi connectivity index (χ3n) is 2.78. The SMILES string of the molecule is CC(C)Cc1nc2n(n1)CCCC2C. The lowest BCUT2D eigenvalue weighted by atomic mass is 10.0. The lowest BCUT2D eigenvalue weighted by Gasteiger charge is -2.17. The van der Waals surface area contributed by atoms with Gasteiger partial charge in [0.15, 0.2) is 5.82 Å². The summed E-state index contributed by atoms with van der Waals surface area (Å²) < 4.78 is 2.10. The number of nitrogens with zero attached hydrogens (tertiary/aromatic N) is 3. The minimum Gasteiger partial charge on any atom is -0.250 e. The number of rotatable bonds is 2. The molecule has 0 aliphatic carbocycles. The van der Waals surface area contributed by atoms with Crippen molar-refractivity contribution in [3.63, 3.8) is 0 Å². The van der Waals surface area contributed by atoms with Crippen molar-refractivity contribution in [1.82, 2.24) is 14.8 Å². The molecule has 1 aliphatic heterocycles. The van der Waals surface area contributed by atoms with Gasteiger partial charge in [-0.3, -0.25) is 0 Å². The van der Waals surface area contributed by atoms with E-state index in [0.29, 0.717) is 11.8 Å². The Morgan fingerprint density at radius 1 is 1.50 bits per heavy atom. The normalized spacial score (nSPS) is 21.3. The fraction of sp³-hybridized carbons (Fsp3) is 0.818. The molecule has 1 aromatic heterocycles. The Morgan fingerprint density at radius 2 is 2.29 bits per heavy atom. The van der Waals surface area contributed by atoms with E-state index in [9.17, 15) is 0 Å². The summed E-state index contributed by atoms with van der Waals surface area (Å²) in [5.74, 6) is 3.47. The van der Waals surface area contributed by atoms with Crippen LogP contribution in [0.1, 0.15) is 51.2 Å². The molecule has 0 aromatic carbocycles. The number of hydrogen-bond donors (Lipinski definition) is 0. The Hall–Kier alpha value is -0.860. The van der Waals surface area contributed by atoms with E-state index in [-0.39, 0.29) is 0 Å². The van der Waals surface area contributed by atoms with Crippen molar-refractivity contribution in [2.75, 3.05) is 0 Å². The van der Waals surface area contributed by atoms with Gasteiger partial charge < -0.3 is 0 Å². The molecule has 0 spiro atoms. The summed E-state index contributed by atoms with van der Waals surface area (Å²) in [6.07, 6.45) is 3.52. The van der Waals surface area contributed by atoms with Crippen molar-refractivity contribution < 1.29 is 0 Å². The second kappa shape index (κ2) is 3.71. The van der Waals surface area contributed by atoms with Gasteiger partial charge in [-0.25, -0.2) is 9.67 Å². The van der Waals surface area contributed by atoms with Crippen LogP contribution in [0, 0.1) is 5.92 Å². The van der Waals surface area contributed by atoms with Crippen molar-refractivity contribution in [2.24, 2.45) is 5.92 Å². The van der Waals surface area contributed by atoms with Crippen LogP contribution < -0.4 is 0 Å². The van der Waals surface area contributed by atoms with Crippen LogP contribution in [-0.4, -0.2) is 14.8 Å². The van der Waals surface area contributed by atoms with Gasteiger partial charge in [-0.1, -0.05) is 20.8 Å². The van der Waals surface area contributed by atoms with Crippen LogP contribution in [0.3, 0.4) is 0 Å². The molecule has 0 saturated heterocycles. The number of hydrogen-bond acceptors (Lipinski definition) is 2. The standard InChI is InChI=1S/C11H19N3/c1-8(2)7-10-12-11-9(3)5-4-6-14(11)13-10/h8-9H,4-7H2,1-3H3. The van der Waals surface area contributed by atoms with Crippen molar-refractivity contribution in [3.8, 4) is 0 Å². The quantitative estimate of drug-likeness (QED) is 0.722. The van der Waals surface area contributed by atoms with Crippen LogP contribution >= 0.6 is 0 Å². The second-order valence-corrected chi connectivity index (χ2v) is 4.75. The third-order valence-corrected chi connectivity index (χ3v) is 2.78. The molecular weight excluding hydrogens is 174 g/mol. The van der Waals surface area contributed by atoms with Gasteiger partial charge in [0.25, 0.3) is 0 Å². The maximum Gasteiger partial charge on any atom is 0.151 e. The Kier molecular flexibility index (Phi) is 2.57. The predicted octanol–water partition coefficient (Wildman–Crippen LogP) is 2.37. The van der Waals surface area contributed by atoms with Crippen molar-refractivity contribution in [3.05, 3.63) is 11.6 Å². The Labute approximate surface area is 85.5 Å². The summed E-state index contributed by atoms with van der Waals surface area (Å²) in [5, 5.41) is 4.55. The molecule has 1 unspecified atom stereocenters. The van der Waals surface area contributed by atoms with E-state index in [2.05, 4.69) is 35.5 Å². The number of fused-ring (bicyclic) bond motifs is 1. The molecule has 3 heteroatoms. The summed E-state index contributed by atoms with van der Waals surface area (Å²) in [4.78, 5) is 4.62. The van der Waals surface area contributed by atoms with Crippen LogP contribution in [-0.2, 0) is 13.0 Å². The topological polar surface area (TPSA) is 30.7 Å². The smallest absolute Gasteiger partial charge is 0.151 e. The maximum absolute atomic E-state index is 4.62. The predicted molar refractivity (Wildman–Crippen MR) is 56.2 cm³/mol. The first-order valence-corrected chi connectivity index (χ1v) is 5.60. The number of aromatic nitrogens is 3. The summed E-state index contributed by atoms with van der Waals surface area (Å²) in [6, 6.07) is 0. The largest absolute Gasteiger partial charge is 0.250 e. The third kappa shape index (κ3) is 1.81. The van der Waals surface area contributed by atoms with Crippen molar-refractivity contribution in [1.29, 1.82) is 0 Å². The molecular formula is C11H19N3. The van der Waals surface area contributed by atoms with Crippen molar-refractivity contribution in [2.45, 2.75) is 52.5 Å². The molecule has 1 aliphatic rings. The van der Waals surface area contributed by atoms with Crippen LogP contribution in [0.4, 0.5) is 0 Å². The molecule has 2 rings (SSSR count). The van der Waals surface area contributed by atoms with Gasteiger partial charge >= 0.3 is 0 Å². The Morgan fingerprint density at radius 3 is 2.93 bits per heavy atom. The highest BCUT2D eigenvalue weighted by atomic mass is 15.4. The van der Waals surface area contributed by atoms with Gasteiger partial charge in [-0.15, -0.1) is 0 Å². The van der Waals surface area contributed by atoms with Gasteiger partial charge in [-0.2, -0.15) is 5.10 Å². The monoisotopic (exact) mass is 193 g/mol. The molecule has 14 heavy (non-hydrogen) atoms. The van der Waals surface area contributed by atoms with E-state index in [1.807, 2.05) is 0 Å². The van der Waals surface area contributed by atoms with E-state index in [1.54, 1.807) is 0 Å². The molecule has 0 fully saturated rings. The Bertz CT molecular complexity index is 314.